The van der Waals surface area contributed by atoms with Crippen molar-refractivity contribution in [1.29, 1.82) is 0 Å². The quantitative estimate of drug-likeness (QED) is 0.900. The molecule has 23 heavy (non-hydrogen) atoms. The molecule has 1 aromatic rings. The lowest BCUT2D eigenvalue weighted by atomic mass is 10.0. The Labute approximate surface area is 136 Å². The molecule has 3 heterocycles. The number of carbonyl (C=O) groups excluding carboxylic acids is 2. The van der Waals surface area contributed by atoms with Crippen LogP contribution in [0.1, 0.15) is 41.9 Å². The van der Waals surface area contributed by atoms with E-state index in [1.165, 1.54) is 0 Å². The Morgan fingerprint density at radius 3 is 2.57 bits per heavy atom. The molecule has 1 atom stereocenters. The number of primary amides is 1. The average molecular weight is 316 g/mol. The number of aromatic nitrogens is 1. The number of piperidine rings is 1. The van der Waals surface area contributed by atoms with Crippen LogP contribution in [-0.4, -0.2) is 58.3 Å². The summed E-state index contributed by atoms with van der Waals surface area (Å²) in [7, 11) is 0. The van der Waals surface area contributed by atoms with E-state index in [0.717, 1.165) is 37.9 Å². The Morgan fingerprint density at radius 2 is 1.91 bits per heavy atom. The highest BCUT2D eigenvalue weighted by molar-refractivity contribution is 5.92. The summed E-state index contributed by atoms with van der Waals surface area (Å²) in [5.41, 5.74) is 6.87. The van der Waals surface area contributed by atoms with E-state index in [1.807, 2.05) is 24.0 Å². The Balaban J connectivity index is 1.60. The van der Waals surface area contributed by atoms with Crippen molar-refractivity contribution in [3.63, 3.8) is 0 Å². The van der Waals surface area contributed by atoms with Crippen molar-refractivity contribution in [2.24, 2.45) is 5.73 Å². The summed E-state index contributed by atoms with van der Waals surface area (Å²) >= 11 is 0. The number of amides is 2. The fraction of sp³-hybridized carbons (Fsp3) is 0.588. The van der Waals surface area contributed by atoms with Crippen LogP contribution in [0.4, 0.5) is 0 Å². The first kappa shape index (κ1) is 15.9. The molecule has 2 amide bonds. The van der Waals surface area contributed by atoms with Crippen LogP contribution in [0.5, 0.6) is 0 Å². The lowest BCUT2D eigenvalue weighted by Crippen LogP contribution is -2.51. The monoisotopic (exact) mass is 316 g/mol. The number of hydrogen-bond acceptors (Lipinski definition) is 4. The minimum Gasteiger partial charge on any atom is -0.368 e. The highest BCUT2D eigenvalue weighted by atomic mass is 16.2. The molecule has 3 rings (SSSR count). The number of aryl methyl sites for hydroxylation is 1. The van der Waals surface area contributed by atoms with E-state index in [0.29, 0.717) is 24.8 Å². The van der Waals surface area contributed by atoms with Crippen molar-refractivity contribution in [2.75, 3.05) is 19.6 Å². The van der Waals surface area contributed by atoms with Crippen LogP contribution >= 0.6 is 0 Å². The number of hydrogen-bond donors (Lipinski definition) is 1. The van der Waals surface area contributed by atoms with Gasteiger partial charge in [-0.1, -0.05) is 6.07 Å². The summed E-state index contributed by atoms with van der Waals surface area (Å²) in [5, 5.41) is 0. The molecule has 0 saturated carbocycles. The van der Waals surface area contributed by atoms with Gasteiger partial charge in [0.2, 0.25) is 5.91 Å². The Morgan fingerprint density at radius 1 is 1.17 bits per heavy atom. The van der Waals surface area contributed by atoms with Gasteiger partial charge < -0.3 is 10.6 Å². The fourth-order valence-corrected chi connectivity index (χ4v) is 3.76. The van der Waals surface area contributed by atoms with Crippen molar-refractivity contribution in [3.8, 4) is 0 Å². The van der Waals surface area contributed by atoms with Crippen LogP contribution in [0.3, 0.4) is 0 Å². The Hall–Kier alpha value is -1.95. The molecule has 0 bridgehead atoms. The first-order chi connectivity index (χ1) is 11.1. The van der Waals surface area contributed by atoms with Crippen molar-refractivity contribution >= 4 is 11.8 Å². The second-order valence-corrected chi connectivity index (χ2v) is 6.49. The maximum absolute atomic E-state index is 12.5. The third-order valence-corrected chi connectivity index (χ3v) is 4.95. The van der Waals surface area contributed by atoms with Crippen molar-refractivity contribution < 1.29 is 9.59 Å². The molecule has 124 valence electrons. The zero-order chi connectivity index (χ0) is 16.4. The molecule has 0 aliphatic carbocycles. The van der Waals surface area contributed by atoms with Crippen LogP contribution < -0.4 is 5.73 Å². The average Bonchev–Trinajstić information content (AvgIpc) is 3.04. The van der Waals surface area contributed by atoms with Crippen molar-refractivity contribution in [1.82, 2.24) is 14.8 Å². The van der Waals surface area contributed by atoms with E-state index in [9.17, 15) is 9.59 Å². The molecule has 6 heteroatoms. The van der Waals surface area contributed by atoms with Crippen LogP contribution in [0, 0.1) is 6.92 Å². The summed E-state index contributed by atoms with van der Waals surface area (Å²) in [6, 6.07) is 5.75. The van der Waals surface area contributed by atoms with Crippen molar-refractivity contribution in [2.45, 2.75) is 44.7 Å². The number of pyridine rings is 1. The van der Waals surface area contributed by atoms with Crippen LogP contribution in [-0.2, 0) is 4.79 Å². The third-order valence-electron chi connectivity index (χ3n) is 4.95. The largest absolute Gasteiger partial charge is 0.368 e. The number of likely N-dealkylation sites (tertiary alicyclic amines) is 2. The molecule has 0 unspecified atom stereocenters. The lowest BCUT2D eigenvalue weighted by molar-refractivity contribution is -0.123. The van der Waals surface area contributed by atoms with E-state index in [2.05, 4.69) is 9.88 Å². The maximum atomic E-state index is 12.5. The first-order valence-corrected chi connectivity index (χ1v) is 8.34. The SMILES string of the molecule is Cc1cccc(C(=O)N2CCC(N3CCC[C@@H]3C(N)=O)CC2)n1. The molecule has 2 saturated heterocycles. The fourth-order valence-electron chi connectivity index (χ4n) is 3.76. The van der Waals surface area contributed by atoms with Gasteiger partial charge in [-0.25, -0.2) is 4.98 Å². The molecule has 0 radical (unpaired) electrons. The predicted molar refractivity (Wildman–Crippen MR) is 86.8 cm³/mol. The van der Waals surface area contributed by atoms with Gasteiger partial charge >= 0.3 is 0 Å². The smallest absolute Gasteiger partial charge is 0.272 e. The van der Waals surface area contributed by atoms with Crippen LogP contribution in [0.2, 0.25) is 0 Å². The standard InChI is InChI=1S/C17H24N4O2/c1-12-4-2-5-14(19-12)17(23)20-10-7-13(8-11-20)21-9-3-6-15(21)16(18)22/h2,4-5,13,15H,3,6-11H2,1H3,(H2,18,22)/t15-/m1/s1. The van der Waals surface area contributed by atoms with Gasteiger partial charge in [-0.3, -0.25) is 14.5 Å². The first-order valence-electron chi connectivity index (χ1n) is 8.34. The number of nitrogens with zero attached hydrogens (tertiary/aromatic N) is 3. The summed E-state index contributed by atoms with van der Waals surface area (Å²) in [4.78, 5) is 32.5. The molecule has 2 fully saturated rings. The summed E-state index contributed by atoms with van der Waals surface area (Å²) in [5.74, 6) is -0.218. The normalized spacial score (nSPS) is 23.2. The van der Waals surface area contributed by atoms with E-state index in [1.54, 1.807) is 6.07 Å². The summed E-state index contributed by atoms with van der Waals surface area (Å²) < 4.78 is 0. The minimum atomic E-state index is -0.218. The maximum Gasteiger partial charge on any atom is 0.272 e. The molecule has 0 spiro atoms. The molecule has 2 aliphatic heterocycles. The number of rotatable bonds is 3. The van der Waals surface area contributed by atoms with E-state index >= 15 is 0 Å². The molecule has 0 aromatic carbocycles. The van der Waals surface area contributed by atoms with Gasteiger partial charge in [0, 0.05) is 24.8 Å². The van der Waals surface area contributed by atoms with Crippen LogP contribution in [0.25, 0.3) is 0 Å². The third kappa shape index (κ3) is 3.37. The van der Waals surface area contributed by atoms with Crippen LogP contribution in [0.15, 0.2) is 18.2 Å². The lowest BCUT2D eigenvalue weighted by Gasteiger charge is -2.38. The predicted octanol–water partition coefficient (Wildman–Crippen LogP) is 0.944. The number of carbonyl (C=O) groups is 2. The van der Waals surface area contributed by atoms with Gasteiger partial charge in [0.1, 0.15) is 5.69 Å². The summed E-state index contributed by atoms with van der Waals surface area (Å²) in [6.07, 6.45) is 3.67. The van der Waals surface area contributed by atoms with E-state index in [-0.39, 0.29) is 17.9 Å². The molecular formula is C17H24N4O2. The van der Waals surface area contributed by atoms with Gasteiger partial charge in [-0.15, -0.1) is 0 Å². The van der Waals surface area contributed by atoms with Gasteiger partial charge in [-0.05, 0) is 51.3 Å². The second-order valence-electron chi connectivity index (χ2n) is 6.49. The van der Waals surface area contributed by atoms with Gasteiger partial charge in [0.15, 0.2) is 0 Å². The summed E-state index contributed by atoms with van der Waals surface area (Å²) in [6.45, 7) is 4.24. The topological polar surface area (TPSA) is 79.5 Å². The molecular weight excluding hydrogens is 292 g/mol. The highest BCUT2D eigenvalue weighted by Crippen LogP contribution is 2.26. The Kier molecular flexibility index (Phi) is 4.61. The Bertz CT molecular complexity index is 596. The molecule has 2 aliphatic rings. The van der Waals surface area contributed by atoms with E-state index < -0.39 is 0 Å². The highest BCUT2D eigenvalue weighted by Gasteiger charge is 2.36. The number of nitrogens with two attached hydrogens (primary N) is 1. The van der Waals surface area contributed by atoms with Gasteiger partial charge in [-0.2, -0.15) is 0 Å². The van der Waals surface area contributed by atoms with Crippen molar-refractivity contribution in [3.05, 3.63) is 29.6 Å². The minimum absolute atomic E-state index is 0.0000215. The zero-order valence-corrected chi connectivity index (χ0v) is 13.6. The molecule has 6 nitrogen and oxygen atoms in total. The zero-order valence-electron chi connectivity index (χ0n) is 13.6. The van der Waals surface area contributed by atoms with Gasteiger partial charge in [0.05, 0.1) is 6.04 Å². The second kappa shape index (κ2) is 6.66. The van der Waals surface area contributed by atoms with E-state index in [4.69, 9.17) is 5.73 Å². The molecule has 2 N–H and O–H groups in total. The molecule has 1 aromatic heterocycles. The van der Waals surface area contributed by atoms with Gasteiger partial charge in [0.25, 0.3) is 5.91 Å².